The van der Waals surface area contributed by atoms with Crippen LogP contribution < -0.4 is 0 Å². The first-order valence-electron chi connectivity index (χ1n) is 9.01. The maximum absolute atomic E-state index is 12.9. The number of aromatic nitrogens is 1. The van der Waals surface area contributed by atoms with Crippen molar-refractivity contribution in [3.8, 4) is 0 Å². The van der Waals surface area contributed by atoms with E-state index < -0.39 is 0 Å². The fourth-order valence-electron chi connectivity index (χ4n) is 4.22. The van der Waals surface area contributed by atoms with E-state index in [1.54, 1.807) is 7.11 Å². The first kappa shape index (κ1) is 16.5. The number of ether oxygens (including phenoxy) is 2. The Hall–Kier alpha value is -0.980. The number of aryl methyl sites for hydroxylation is 1. The van der Waals surface area contributed by atoms with Gasteiger partial charge in [0, 0.05) is 25.6 Å². The Balaban J connectivity index is 1.49. The summed E-state index contributed by atoms with van der Waals surface area (Å²) in [6, 6.07) is 0.106. The minimum Gasteiger partial charge on any atom is -0.378 e. The van der Waals surface area contributed by atoms with E-state index in [0.717, 1.165) is 49.8 Å². The Bertz CT molecular complexity index is 615. The number of likely N-dealkylation sites (tertiary alicyclic amines) is 1. The van der Waals surface area contributed by atoms with Crippen molar-refractivity contribution >= 4 is 17.2 Å². The number of carbonyl (C=O) groups excluding carboxylic acids is 1. The van der Waals surface area contributed by atoms with E-state index in [-0.39, 0.29) is 23.7 Å². The fraction of sp³-hybridized carbons (Fsp3) is 0.778. The zero-order chi connectivity index (χ0) is 16.7. The number of thiazole rings is 1. The fourth-order valence-corrected chi connectivity index (χ4v) is 4.81. The van der Waals surface area contributed by atoms with Crippen molar-refractivity contribution in [1.82, 2.24) is 9.88 Å². The molecule has 132 valence electrons. The molecule has 1 aromatic rings. The largest absolute Gasteiger partial charge is 0.378 e. The molecule has 3 fully saturated rings. The van der Waals surface area contributed by atoms with Crippen LogP contribution in [-0.4, -0.2) is 53.8 Å². The highest BCUT2D eigenvalue weighted by atomic mass is 32.1. The molecule has 1 aromatic heterocycles. The zero-order valence-corrected chi connectivity index (χ0v) is 15.3. The third-order valence-corrected chi connectivity index (χ3v) is 6.68. The highest BCUT2D eigenvalue weighted by Crippen LogP contribution is 2.44. The molecule has 1 aliphatic heterocycles. The highest BCUT2D eigenvalue weighted by molar-refractivity contribution is 7.09. The van der Waals surface area contributed by atoms with Gasteiger partial charge < -0.3 is 14.4 Å². The molecule has 3 atom stereocenters. The molecule has 6 heteroatoms. The number of hydrogen-bond donors (Lipinski definition) is 0. The summed E-state index contributed by atoms with van der Waals surface area (Å²) in [4.78, 5) is 19.3. The van der Waals surface area contributed by atoms with Crippen molar-refractivity contribution < 1.29 is 14.3 Å². The smallest absolute Gasteiger partial charge is 0.273 e. The Labute approximate surface area is 147 Å². The van der Waals surface area contributed by atoms with Gasteiger partial charge in [0.05, 0.1) is 22.8 Å². The number of amides is 1. The molecule has 0 spiro atoms. The highest BCUT2D eigenvalue weighted by Gasteiger charge is 2.53. The van der Waals surface area contributed by atoms with E-state index in [4.69, 9.17) is 9.47 Å². The third-order valence-electron chi connectivity index (χ3n) is 5.91. The average molecular weight is 350 g/mol. The molecular weight excluding hydrogens is 324 g/mol. The van der Waals surface area contributed by atoms with Gasteiger partial charge in [-0.3, -0.25) is 4.79 Å². The van der Waals surface area contributed by atoms with Crippen molar-refractivity contribution in [2.24, 2.45) is 5.92 Å². The van der Waals surface area contributed by atoms with Crippen LogP contribution in [0.5, 0.6) is 0 Å². The molecule has 3 aliphatic rings. The molecule has 2 saturated carbocycles. The molecule has 24 heavy (non-hydrogen) atoms. The maximum Gasteiger partial charge on any atom is 0.273 e. The summed E-state index contributed by atoms with van der Waals surface area (Å²) in [6.45, 7) is 3.58. The molecule has 0 radical (unpaired) electrons. The summed E-state index contributed by atoms with van der Waals surface area (Å²) in [5, 5.41) is 2.80. The van der Waals surface area contributed by atoms with Crippen LogP contribution in [-0.2, 0) is 9.47 Å². The summed E-state index contributed by atoms with van der Waals surface area (Å²) in [6.07, 6.45) is 6.69. The molecular formula is C18H26N2O3S. The molecule has 1 amide bonds. The summed E-state index contributed by atoms with van der Waals surface area (Å²) >= 11 is 1.53. The SMILES string of the molecule is COC12CCC(OCC3CC3)CC1N(C(=O)c1csc(C)n1)CC2. The third kappa shape index (κ3) is 3.00. The number of methoxy groups -OCH3 is 1. The normalized spacial score (nSPS) is 32.8. The lowest BCUT2D eigenvalue weighted by atomic mass is 9.79. The second-order valence-corrected chi connectivity index (χ2v) is 8.52. The molecule has 0 bridgehead atoms. The van der Waals surface area contributed by atoms with E-state index in [1.165, 1.54) is 24.2 Å². The van der Waals surface area contributed by atoms with Gasteiger partial charge in [-0.25, -0.2) is 4.98 Å². The topological polar surface area (TPSA) is 51.7 Å². The van der Waals surface area contributed by atoms with E-state index >= 15 is 0 Å². The van der Waals surface area contributed by atoms with Crippen molar-refractivity contribution in [1.29, 1.82) is 0 Å². The Morgan fingerprint density at radius 3 is 2.92 bits per heavy atom. The molecule has 4 rings (SSSR count). The standard InChI is InChI=1S/C18H26N2O3S/c1-12-19-15(11-24-12)17(21)20-8-7-18(22-2)6-5-14(9-16(18)20)23-10-13-3-4-13/h11,13-14,16H,3-10H2,1-2H3. The molecule has 3 unspecified atom stereocenters. The van der Waals surface area contributed by atoms with Crippen molar-refractivity contribution in [2.75, 3.05) is 20.3 Å². The second kappa shape index (κ2) is 6.39. The van der Waals surface area contributed by atoms with Gasteiger partial charge in [0.15, 0.2) is 0 Å². The number of nitrogens with zero attached hydrogens (tertiary/aromatic N) is 2. The molecule has 5 nitrogen and oxygen atoms in total. The van der Waals surface area contributed by atoms with Crippen LogP contribution in [0.2, 0.25) is 0 Å². The quantitative estimate of drug-likeness (QED) is 0.819. The summed E-state index contributed by atoms with van der Waals surface area (Å²) < 4.78 is 12.1. The van der Waals surface area contributed by atoms with Gasteiger partial charge in [0.2, 0.25) is 0 Å². The summed E-state index contributed by atoms with van der Waals surface area (Å²) in [5.74, 6) is 0.824. The zero-order valence-electron chi connectivity index (χ0n) is 14.5. The number of rotatable bonds is 5. The van der Waals surface area contributed by atoms with Crippen LogP contribution in [0.3, 0.4) is 0 Å². The molecule has 0 N–H and O–H groups in total. The van der Waals surface area contributed by atoms with Gasteiger partial charge >= 0.3 is 0 Å². The maximum atomic E-state index is 12.9. The molecule has 1 saturated heterocycles. The van der Waals surface area contributed by atoms with E-state index in [0.29, 0.717) is 5.69 Å². The monoisotopic (exact) mass is 350 g/mol. The Morgan fingerprint density at radius 2 is 2.25 bits per heavy atom. The predicted molar refractivity (Wildman–Crippen MR) is 92.3 cm³/mol. The van der Waals surface area contributed by atoms with Gasteiger partial charge in [-0.15, -0.1) is 11.3 Å². The molecule has 2 aliphatic carbocycles. The van der Waals surface area contributed by atoms with Crippen LogP contribution in [0, 0.1) is 12.8 Å². The molecule has 0 aromatic carbocycles. The van der Waals surface area contributed by atoms with Gasteiger partial charge in [-0.1, -0.05) is 0 Å². The van der Waals surface area contributed by atoms with Crippen LogP contribution in [0.1, 0.15) is 54.0 Å². The van der Waals surface area contributed by atoms with Crippen LogP contribution in [0.15, 0.2) is 5.38 Å². The minimum atomic E-state index is -0.194. The lowest BCUT2D eigenvalue weighted by molar-refractivity contribution is -0.0977. The van der Waals surface area contributed by atoms with Gasteiger partial charge in [-0.2, -0.15) is 0 Å². The van der Waals surface area contributed by atoms with Crippen LogP contribution >= 0.6 is 11.3 Å². The number of carbonyl (C=O) groups is 1. The summed E-state index contributed by atoms with van der Waals surface area (Å²) in [7, 11) is 1.79. The Morgan fingerprint density at radius 1 is 1.42 bits per heavy atom. The van der Waals surface area contributed by atoms with E-state index in [1.807, 2.05) is 17.2 Å². The first-order chi connectivity index (χ1) is 11.6. The van der Waals surface area contributed by atoms with Gasteiger partial charge in [0.25, 0.3) is 5.91 Å². The number of fused-ring (bicyclic) bond motifs is 1. The first-order valence-corrected chi connectivity index (χ1v) is 9.89. The van der Waals surface area contributed by atoms with Crippen molar-refractivity contribution in [3.63, 3.8) is 0 Å². The Kier molecular flexibility index (Phi) is 4.39. The second-order valence-electron chi connectivity index (χ2n) is 7.46. The van der Waals surface area contributed by atoms with Crippen LogP contribution in [0.4, 0.5) is 0 Å². The van der Waals surface area contributed by atoms with Gasteiger partial charge in [-0.05, 0) is 51.4 Å². The number of hydrogen-bond acceptors (Lipinski definition) is 5. The average Bonchev–Trinajstić information content (AvgIpc) is 3.20. The van der Waals surface area contributed by atoms with Crippen LogP contribution in [0.25, 0.3) is 0 Å². The molecule has 2 heterocycles. The van der Waals surface area contributed by atoms with E-state index in [9.17, 15) is 4.79 Å². The minimum absolute atomic E-state index is 0.0473. The van der Waals surface area contributed by atoms with E-state index in [2.05, 4.69) is 4.98 Å². The lowest BCUT2D eigenvalue weighted by Gasteiger charge is -2.43. The van der Waals surface area contributed by atoms with Crippen molar-refractivity contribution in [2.45, 2.75) is 63.2 Å². The predicted octanol–water partition coefficient (Wildman–Crippen LogP) is 3.03. The summed E-state index contributed by atoms with van der Waals surface area (Å²) in [5.41, 5.74) is 0.380. The van der Waals surface area contributed by atoms with Gasteiger partial charge in [0.1, 0.15) is 5.69 Å². The van der Waals surface area contributed by atoms with Crippen molar-refractivity contribution in [3.05, 3.63) is 16.1 Å². The lowest BCUT2D eigenvalue weighted by Crippen LogP contribution is -2.53.